The molecule has 1 amide bonds. The second-order valence-electron chi connectivity index (χ2n) is 5.35. The summed E-state index contributed by atoms with van der Waals surface area (Å²) in [6, 6.07) is 5.80. The predicted octanol–water partition coefficient (Wildman–Crippen LogP) is 3.23. The lowest BCUT2D eigenvalue weighted by Crippen LogP contribution is -2.18. The van der Waals surface area contributed by atoms with Crippen molar-refractivity contribution in [1.82, 2.24) is 4.98 Å². The van der Waals surface area contributed by atoms with E-state index < -0.39 is 11.4 Å². The molecule has 0 aliphatic rings. The maximum Gasteiger partial charge on any atom is 0.266 e. The summed E-state index contributed by atoms with van der Waals surface area (Å²) >= 11 is 5.67. The number of carbonyl (C=O) groups excluding carboxylic acids is 1. The number of amides is 1. The molecular weight excluding hydrogens is 333 g/mol. The third-order valence-electron chi connectivity index (χ3n) is 3.73. The second-order valence-corrected chi connectivity index (χ2v) is 5.75. The lowest BCUT2D eigenvalue weighted by Gasteiger charge is -2.11. The summed E-state index contributed by atoms with van der Waals surface area (Å²) in [5, 5.41) is 11.6. The number of aromatic nitrogens is 1. The molecule has 2 aromatic rings. The Morgan fingerprint density at radius 2 is 2.12 bits per heavy atom. The van der Waals surface area contributed by atoms with Gasteiger partial charge in [0.15, 0.2) is 0 Å². The molecule has 124 valence electrons. The van der Waals surface area contributed by atoms with Gasteiger partial charge in [0.2, 0.25) is 5.91 Å². The Hall–Kier alpha value is -2.65. The van der Waals surface area contributed by atoms with Gasteiger partial charge in [-0.15, -0.1) is 0 Å². The van der Waals surface area contributed by atoms with E-state index in [4.69, 9.17) is 16.9 Å². The molecule has 0 unspecified atom stereocenters. The number of hydrogen-bond donors (Lipinski definition) is 2. The molecule has 7 heteroatoms. The van der Waals surface area contributed by atoms with Crippen molar-refractivity contribution >= 4 is 23.2 Å². The number of nitrogens with zero attached hydrogens (tertiary/aromatic N) is 1. The molecule has 0 fully saturated rings. The van der Waals surface area contributed by atoms with Gasteiger partial charge < -0.3 is 10.3 Å². The molecule has 0 bridgehead atoms. The van der Waals surface area contributed by atoms with Crippen LogP contribution in [-0.2, 0) is 11.2 Å². The fourth-order valence-corrected chi connectivity index (χ4v) is 2.64. The van der Waals surface area contributed by atoms with Crippen molar-refractivity contribution in [2.24, 2.45) is 0 Å². The molecular formula is C17H15ClFN3O2. The summed E-state index contributed by atoms with van der Waals surface area (Å²) in [5.74, 6) is -0.834. The van der Waals surface area contributed by atoms with E-state index >= 15 is 0 Å². The van der Waals surface area contributed by atoms with Gasteiger partial charge in [0.25, 0.3) is 5.56 Å². The number of benzene rings is 1. The first-order chi connectivity index (χ1) is 11.3. The van der Waals surface area contributed by atoms with Crippen molar-refractivity contribution in [1.29, 1.82) is 5.26 Å². The smallest absolute Gasteiger partial charge is 0.266 e. The van der Waals surface area contributed by atoms with E-state index in [0.29, 0.717) is 23.4 Å². The first-order valence-corrected chi connectivity index (χ1v) is 7.58. The van der Waals surface area contributed by atoms with E-state index in [1.54, 1.807) is 13.8 Å². The van der Waals surface area contributed by atoms with E-state index in [2.05, 4.69) is 10.3 Å². The van der Waals surface area contributed by atoms with Gasteiger partial charge in [-0.3, -0.25) is 9.59 Å². The summed E-state index contributed by atoms with van der Waals surface area (Å²) in [6.07, 6.45) is 0.511. The molecule has 1 heterocycles. The maximum absolute atomic E-state index is 13.1. The fraction of sp³-hybridized carbons (Fsp3) is 0.235. The van der Waals surface area contributed by atoms with Crippen molar-refractivity contribution in [3.63, 3.8) is 0 Å². The summed E-state index contributed by atoms with van der Waals surface area (Å²) in [4.78, 5) is 26.3. The van der Waals surface area contributed by atoms with Crippen LogP contribution in [0.5, 0.6) is 0 Å². The van der Waals surface area contributed by atoms with Gasteiger partial charge in [-0.25, -0.2) is 4.39 Å². The minimum atomic E-state index is -0.557. The number of halogens is 2. The molecule has 0 saturated heterocycles. The third-order valence-corrected chi connectivity index (χ3v) is 4.02. The predicted molar refractivity (Wildman–Crippen MR) is 89.6 cm³/mol. The SMILES string of the molecule is Cc1[nH]c(=O)c(C#N)c(C)c1CCC(=O)Nc1ccc(F)c(Cl)c1. The maximum atomic E-state index is 13.1. The largest absolute Gasteiger partial charge is 0.326 e. The van der Waals surface area contributed by atoms with E-state index in [0.717, 1.165) is 5.56 Å². The van der Waals surface area contributed by atoms with Crippen LogP contribution >= 0.6 is 11.6 Å². The lowest BCUT2D eigenvalue weighted by molar-refractivity contribution is -0.116. The van der Waals surface area contributed by atoms with Crippen molar-refractivity contribution in [3.05, 3.63) is 61.8 Å². The highest BCUT2D eigenvalue weighted by atomic mass is 35.5. The average molecular weight is 348 g/mol. The molecule has 5 nitrogen and oxygen atoms in total. The number of hydrogen-bond acceptors (Lipinski definition) is 3. The molecule has 0 spiro atoms. The highest BCUT2D eigenvalue weighted by Crippen LogP contribution is 2.20. The zero-order valence-corrected chi connectivity index (χ0v) is 13.9. The van der Waals surface area contributed by atoms with Crippen LogP contribution in [0.25, 0.3) is 0 Å². The number of carbonyl (C=O) groups is 1. The van der Waals surface area contributed by atoms with Crippen LogP contribution in [0.1, 0.15) is 28.8 Å². The Balaban J connectivity index is 2.11. The quantitative estimate of drug-likeness (QED) is 0.890. The van der Waals surface area contributed by atoms with Crippen LogP contribution in [-0.4, -0.2) is 10.9 Å². The van der Waals surface area contributed by atoms with E-state index in [-0.39, 0.29) is 22.9 Å². The molecule has 0 aliphatic heterocycles. The lowest BCUT2D eigenvalue weighted by atomic mass is 9.99. The Kier molecular flexibility index (Phi) is 5.37. The molecule has 0 saturated carbocycles. The van der Waals surface area contributed by atoms with Crippen LogP contribution in [0.4, 0.5) is 10.1 Å². The number of nitrogens with one attached hydrogen (secondary N) is 2. The number of aromatic amines is 1. The number of H-pyrrole nitrogens is 1. The highest BCUT2D eigenvalue weighted by Gasteiger charge is 2.13. The zero-order valence-electron chi connectivity index (χ0n) is 13.2. The van der Waals surface area contributed by atoms with Gasteiger partial charge >= 0.3 is 0 Å². The minimum absolute atomic E-state index is 0.0568. The first kappa shape index (κ1) is 17.7. The Bertz CT molecular complexity index is 900. The van der Waals surface area contributed by atoms with Gasteiger partial charge in [-0.1, -0.05) is 11.6 Å². The Labute approximate surface area is 143 Å². The summed E-state index contributed by atoms with van der Waals surface area (Å²) in [6.45, 7) is 3.41. The fourth-order valence-electron chi connectivity index (χ4n) is 2.46. The van der Waals surface area contributed by atoms with E-state index in [9.17, 15) is 14.0 Å². The van der Waals surface area contributed by atoms with Gasteiger partial charge in [-0.2, -0.15) is 5.26 Å². The number of pyridine rings is 1. The molecule has 0 atom stereocenters. The molecule has 2 rings (SSSR count). The third kappa shape index (κ3) is 3.81. The van der Waals surface area contributed by atoms with Gasteiger partial charge in [0, 0.05) is 17.8 Å². The molecule has 2 N–H and O–H groups in total. The number of anilines is 1. The molecule has 0 radical (unpaired) electrons. The minimum Gasteiger partial charge on any atom is -0.326 e. The van der Waals surface area contributed by atoms with Crippen LogP contribution in [0.3, 0.4) is 0 Å². The first-order valence-electron chi connectivity index (χ1n) is 7.20. The monoisotopic (exact) mass is 347 g/mol. The van der Waals surface area contributed by atoms with Crippen molar-refractivity contribution in [2.75, 3.05) is 5.32 Å². The number of aryl methyl sites for hydroxylation is 1. The zero-order chi connectivity index (χ0) is 17.9. The Morgan fingerprint density at radius 1 is 1.42 bits per heavy atom. The number of rotatable bonds is 4. The van der Waals surface area contributed by atoms with Crippen LogP contribution in [0.2, 0.25) is 5.02 Å². The normalized spacial score (nSPS) is 10.3. The molecule has 24 heavy (non-hydrogen) atoms. The highest BCUT2D eigenvalue weighted by molar-refractivity contribution is 6.31. The molecule has 0 aliphatic carbocycles. The van der Waals surface area contributed by atoms with Gasteiger partial charge in [0.1, 0.15) is 17.4 Å². The van der Waals surface area contributed by atoms with E-state index in [1.165, 1.54) is 18.2 Å². The topological polar surface area (TPSA) is 85.8 Å². The summed E-state index contributed by atoms with van der Waals surface area (Å²) < 4.78 is 13.1. The van der Waals surface area contributed by atoms with Crippen molar-refractivity contribution in [3.8, 4) is 6.07 Å². The van der Waals surface area contributed by atoms with Crippen LogP contribution < -0.4 is 10.9 Å². The van der Waals surface area contributed by atoms with Crippen molar-refractivity contribution in [2.45, 2.75) is 26.7 Å². The Morgan fingerprint density at radius 3 is 2.75 bits per heavy atom. The summed E-state index contributed by atoms with van der Waals surface area (Å²) in [7, 11) is 0. The summed E-state index contributed by atoms with van der Waals surface area (Å²) in [5.41, 5.74) is 2.01. The number of nitriles is 1. The molecule has 1 aromatic carbocycles. The van der Waals surface area contributed by atoms with Gasteiger partial charge in [-0.05, 0) is 49.6 Å². The average Bonchev–Trinajstić information content (AvgIpc) is 2.51. The second kappa shape index (κ2) is 7.28. The van der Waals surface area contributed by atoms with Crippen molar-refractivity contribution < 1.29 is 9.18 Å². The standard InChI is InChI=1S/C17H15ClFN3O2/c1-9-12(10(2)21-17(24)13(9)8-20)4-6-16(23)22-11-3-5-15(19)14(18)7-11/h3,5,7H,4,6H2,1-2H3,(H,21,24)(H,22,23). The van der Waals surface area contributed by atoms with Crippen LogP contribution in [0, 0.1) is 31.0 Å². The van der Waals surface area contributed by atoms with Crippen LogP contribution in [0.15, 0.2) is 23.0 Å². The van der Waals surface area contributed by atoms with Gasteiger partial charge in [0.05, 0.1) is 5.02 Å². The van der Waals surface area contributed by atoms with E-state index in [1.807, 2.05) is 6.07 Å². The molecule has 1 aromatic heterocycles.